The summed E-state index contributed by atoms with van der Waals surface area (Å²) in [5, 5.41) is 26.9. The molecule has 12 nitrogen and oxygen atoms in total. The van der Waals surface area contributed by atoms with Gasteiger partial charge in [-0.25, -0.2) is 21.6 Å². The van der Waals surface area contributed by atoms with Gasteiger partial charge in [0, 0.05) is 55.2 Å². The maximum atomic E-state index is 13.6. The van der Waals surface area contributed by atoms with Gasteiger partial charge in [0.1, 0.15) is 0 Å². The average molecular weight is 621 g/mol. The molecule has 5 N–H and O–H groups in total. The number of carbonyl (C=O) groups is 2. The molecule has 1 aliphatic carbocycles. The zero-order chi connectivity index (χ0) is 31.1. The van der Waals surface area contributed by atoms with Crippen molar-refractivity contribution in [3.63, 3.8) is 0 Å². The number of nitrogens with one attached hydrogen (secondary N) is 3. The van der Waals surface area contributed by atoms with Crippen molar-refractivity contribution in [2.75, 3.05) is 55.4 Å². The molecule has 0 bridgehead atoms. The molecule has 14 heteroatoms. The van der Waals surface area contributed by atoms with Crippen molar-refractivity contribution in [3.05, 3.63) is 84.0 Å². The van der Waals surface area contributed by atoms with E-state index >= 15 is 0 Å². The van der Waals surface area contributed by atoms with Crippen LogP contribution in [0.5, 0.6) is 0 Å². The number of sulfonamides is 2. The summed E-state index contributed by atoms with van der Waals surface area (Å²) in [5.41, 5.74) is 1.04. The Hall–Kier alpha value is -3.40. The molecule has 0 heterocycles. The first-order chi connectivity index (χ1) is 19.8. The fourth-order valence-corrected chi connectivity index (χ4v) is 6.25. The Bertz CT molecular complexity index is 1560. The number of fused-ring (bicyclic) bond motifs is 2. The number of benzene rings is 2. The monoisotopic (exact) mass is 620 g/mol. The average Bonchev–Trinajstić information content (AvgIpc) is 2.94. The lowest BCUT2D eigenvalue weighted by Crippen LogP contribution is -2.39. The van der Waals surface area contributed by atoms with Gasteiger partial charge in [-0.15, -0.1) is 13.2 Å². The summed E-state index contributed by atoms with van der Waals surface area (Å²) in [4.78, 5) is 27.2. The van der Waals surface area contributed by atoms with Crippen molar-refractivity contribution < 1.29 is 36.6 Å². The van der Waals surface area contributed by atoms with E-state index in [0.29, 0.717) is 0 Å². The minimum Gasteiger partial charge on any atom is -0.390 e. The molecule has 2 atom stereocenters. The van der Waals surface area contributed by atoms with E-state index in [1.807, 2.05) is 0 Å². The first-order valence-corrected chi connectivity index (χ1v) is 16.6. The summed E-state index contributed by atoms with van der Waals surface area (Å²) in [7, 11) is -7.20. The molecule has 0 spiro atoms. The van der Waals surface area contributed by atoms with Crippen LogP contribution >= 0.6 is 0 Å². The molecular weight excluding hydrogens is 584 g/mol. The summed E-state index contributed by atoms with van der Waals surface area (Å²) < 4.78 is 51.4. The Morgan fingerprint density at radius 3 is 1.83 bits per heavy atom. The van der Waals surface area contributed by atoms with Gasteiger partial charge in [0.15, 0.2) is 11.6 Å². The Morgan fingerprint density at radius 2 is 1.36 bits per heavy atom. The zero-order valence-electron chi connectivity index (χ0n) is 23.2. The van der Waals surface area contributed by atoms with Gasteiger partial charge >= 0.3 is 0 Å². The van der Waals surface area contributed by atoms with Crippen LogP contribution in [-0.2, 0) is 20.0 Å². The predicted molar refractivity (Wildman–Crippen MR) is 162 cm³/mol. The second-order valence-corrected chi connectivity index (χ2v) is 13.7. The van der Waals surface area contributed by atoms with Gasteiger partial charge in [0.05, 0.1) is 35.3 Å². The lowest BCUT2D eigenvalue weighted by Gasteiger charge is -2.26. The smallest absolute Gasteiger partial charge is 0.211 e. The Balaban J connectivity index is 1.84. The van der Waals surface area contributed by atoms with Crippen LogP contribution in [0, 0.1) is 0 Å². The normalized spacial score (nSPS) is 14.6. The standard InChI is InChI=1S/C28H36N4O8S2/c1-4-6-14-42(39,40)31-17-19(33)15-29-23-11-12-24(30-16-20(34)18-32(13-5-2)41(3,37)38)26-25(23)27(35)21-9-7-8-10-22(21)28(26)36/h4-5,7-12,19-20,29-31,33-34H,1-2,6,13-18H2,3H3. The zero-order valence-corrected chi connectivity index (χ0v) is 24.9. The van der Waals surface area contributed by atoms with E-state index in [-0.39, 0.29) is 78.5 Å². The maximum absolute atomic E-state index is 13.6. The number of hydrogen-bond donors (Lipinski definition) is 5. The van der Waals surface area contributed by atoms with E-state index in [0.717, 1.165) is 10.6 Å². The predicted octanol–water partition coefficient (Wildman–Crippen LogP) is 0.951. The summed E-state index contributed by atoms with van der Waals surface area (Å²) in [5.74, 6) is -1.02. The topological polar surface area (TPSA) is 182 Å². The molecule has 0 aliphatic heterocycles. The van der Waals surface area contributed by atoms with Gasteiger partial charge in [-0.3, -0.25) is 9.59 Å². The molecule has 0 saturated heterocycles. The molecule has 0 fully saturated rings. The molecule has 2 aromatic carbocycles. The third-order valence-electron chi connectivity index (χ3n) is 6.48. The number of hydrogen-bond acceptors (Lipinski definition) is 10. The summed E-state index contributed by atoms with van der Waals surface area (Å²) >= 11 is 0. The Kier molecular flexibility index (Phi) is 11.2. The van der Waals surface area contributed by atoms with Crippen LogP contribution in [0.4, 0.5) is 11.4 Å². The highest BCUT2D eigenvalue weighted by molar-refractivity contribution is 7.89. The van der Waals surface area contributed by atoms with Gasteiger partial charge < -0.3 is 20.8 Å². The number of allylic oxidation sites excluding steroid dienone is 1. The van der Waals surface area contributed by atoms with Gasteiger partial charge in [-0.2, -0.15) is 4.31 Å². The van der Waals surface area contributed by atoms with Crippen LogP contribution in [0.25, 0.3) is 0 Å². The van der Waals surface area contributed by atoms with Gasteiger partial charge in [-0.1, -0.05) is 36.4 Å². The van der Waals surface area contributed by atoms with Crippen molar-refractivity contribution in [2.24, 2.45) is 0 Å². The largest absolute Gasteiger partial charge is 0.390 e. The minimum atomic E-state index is -3.60. The molecule has 228 valence electrons. The molecule has 3 rings (SSSR count). The van der Waals surface area contributed by atoms with Crippen LogP contribution in [0.2, 0.25) is 0 Å². The number of rotatable bonds is 17. The van der Waals surface area contributed by atoms with Crippen LogP contribution < -0.4 is 15.4 Å². The van der Waals surface area contributed by atoms with Crippen LogP contribution in [0.15, 0.2) is 61.7 Å². The molecule has 0 saturated carbocycles. The highest BCUT2D eigenvalue weighted by Crippen LogP contribution is 2.36. The van der Waals surface area contributed by atoms with E-state index in [4.69, 9.17) is 0 Å². The van der Waals surface area contributed by atoms with E-state index in [1.54, 1.807) is 24.3 Å². The van der Waals surface area contributed by atoms with E-state index in [2.05, 4.69) is 28.5 Å². The van der Waals surface area contributed by atoms with Gasteiger partial charge in [-0.05, 0) is 18.6 Å². The van der Waals surface area contributed by atoms with Crippen molar-refractivity contribution >= 4 is 43.0 Å². The van der Waals surface area contributed by atoms with Crippen molar-refractivity contribution in [2.45, 2.75) is 18.6 Å². The second-order valence-electron chi connectivity index (χ2n) is 9.80. The van der Waals surface area contributed by atoms with E-state index in [1.165, 1.54) is 24.3 Å². The Labute approximate surface area is 246 Å². The SMILES string of the molecule is C=CCCS(=O)(=O)NCC(O)CNc1ccc(NCC(O)CN(CC=C)S(C)(=O)=O)c2c1C(=O)c1ccccc1C2=O. The number of carbonyl (C=O) groups excluding carboxylic acids is 2. The van der Waals surface area contributed by atoms with Gasteiger partial charge in [0.2, 0.25) is 20.0 Å². The molecule has 2 unspecified atom stereocenters. The highest BCUT2D eigenvalue weighted by Gasteiger charge is 2.34. The molecule has 1 aliphatic rings. The molecule has 0 radical (unpaired) electrons. The number of nitrogens with zero attached hydrogens (tertiary/aromatic N) is 1. The highest BCUT2D eigenvalue weighted by atomic mass is 32.2. The number of aliphatic hydroxyl groups is 2. The summed E-state index contributed by atoms with van der Waals surface area (Å²) in [6, 6.07) is 9.43. The van der Waals surface area contributed by atoms with E-state index < -0.39 is 43.8 Å². The fraction of sp³-hybridized carbons (Fsp3) is 0.357. The lowest BCUT2D eigenvalue weighted by atomic mass is 9.82. The van der Waals surface area contributed by atoms with Crippen LogP contribution in [0.3, 0.4) is 0 Å². The molecule has 0 amide bonds. The van der Waals surface area contributed by atoms with Crippen molar-refractivity contribution in [1.29, 1.82) is 0 Å². The van der Waals surface area contributed by atoms with Crippen molar-refractivity contribution in [3.8, 4) is 0 Å². The summed E-state index contributed by atoms with van der Waals surface area (Å²) in [6.07, 6.45) is 1.86. The lowest BCUT2D eigenvalue weighted by molar-refractivity contribution is 0.0980. The molecule has 0 aromatic heterocycles. The van der Waals surface area contributed by atoms with Crippen LogP contribution in [0.1, 0.15) is 38.3 Å². The Morgan fingerprint density at radius 1 is 0.833 bits per heavy atom. The first kappa shape index (κ1) is 33.1. The fourth-order valence-electron chi connectivity index (χ4n) is 4.37. The van der Waals surface area contributed by atoms with Crippen molar-refractivity contribution in [1.82, 2.24) is 9.03 Å². The van der Waals surface area contributed by atoms with Crippen LogP contribution in [-0.4, -0.2) is 99.9 Å². The first-order valence-electron chi connectivity index (χ1n) is 13.1. The van der Waals surface area contributed by atoms with Gasteiger partial charge in [0.25, 0.3) is 0 Å². The molecule has 2 aromatic rings. The number of anilines is 2. The summed E-state index contributed by atoms with van der Waals surface area (Å²) in [6.45, 7) is 6.29. The third kappa shape index (κ3) is 8.33. The second kappa shape index (κ2) is 14.2. The molecule has 42 heavy (non-hydrogen) atoms. The quantitative estimate of drug-likeness (QED) is 0.136. The number of aliphatic hydroxyl groups excluding tert-OH is 2. The third-order valence-corrected chi connectivity index (χ3v) is 9.09. The number of ketones is 2. The van der Waals surface area contributed by atoms with E-state index in [9.17, 15) is 36.6 Å². The minimum absolute atomic E-state index is 0.0115. The molecular formula is C28H36N4O8S2. The maximum Gasteiger partial charge on any atom is 0.211 e.